The first-order valence-electron chi connectivity index (χ1n) is 5.38. The number of hydrogen-bond donors (Lipinski definition) is 1. The van der Waals surface area contributed by atoms with Crippen molar-refractivity contribution in [3.05, 3.63) is 0 Å². The molecule has 2 rings (SSSR count). The Morgan fingerprint density at radius 3 is 2.38 bits per heavy atom. The molecule has 3 heteroatoms. The molecule has 13 heavy (non-hydrogen) atoms. The summed E-state index contributed by atoms with van der Waals surface area (Å²) < 4.78 is 0. The van der Waals surface area contributed by atoms with E-state index < -0.39 is 0 Å². The molecule has 2 N–H and O–H groups in total. The summed E-state index contributed by atoms with van der Waals surface area (Å²) in [7, 11) is 2.25. The quantitative estimate of drug-likeness (QED) is 0.560. The largest absolute Gasteiger partial charge is 0.306 e. The summed E-state index contributed by atoms with van der Waals surface area (Å²) in [6.07, 6.45) is 5.40. The molecule has 0 aromatic heterocycles. The van der Waals surface area contributed by atoms with Crippen LogP contribution >= 0.6 is 0 Å². The number of piperidine rings is 2. The van der Waals surface area contributed by atoms with Crippen LogP contribution in [0.1, 0.15) is 25.7 Å². The van der Waals surface area contributed by atoms with E-state index in [-0.39, 0.29) is 0 Å². The van der Waals surface area contributed by atoms with E-state index in [1.165, 1.54) is 38.8 Å². The minimum absolute atomic E-state index is 0.614. The van der Waals surface area contributed by atoms with E-state index in [1.54, 1.807) is 0 Å². The Balaban J connectivity index is 1.95. The van der Waals surface area contributed by atoms with Crippen LogP contribution in [-0.2, 0) is 0 Å². The minimum atomic E-state index is 0.614. The van der Waals surface area contributed by atoms with Crippen LogP contribution in [0, 0.1) is 5.41 Å². The lowest BCUT2D eigenvalue weighted by atomic mass is 9.73. The monoisotopic (exact) mass is 183 g/mol. The summed E-state index contributed by atoms with van der Waals surface area (Å²) in [4.78, 5) is 2.48. The van der Waals surface area contributed by atoms with Crippen LogP contribution in [0.3, 0.4) is 0 Å². The number of hydrogen-bond acceptors (Lipinski definition) is 3. The van der Waals surface area contributed by atoms with E-state index in [4.69, 9.17) is 5.84 Å². The first-order valence-corrected chi connectivity index (χ1v) is 5.38. The summed E-state index contributed by atoms with van der Waals surface area (Å²) in [6.45, 7) is 4.76. The molecule has 0 amide bonds. The highest BCUT2D eigenvalue weighted by atomic mass is 15.4. The third-order valence-electron chi connectivity index (χ3n) is 3.71. The molecule has 0 saturated carbocycles. The van der Waals surface area contributed by atoms with Crippen molar-refractivity contribution in [2.24, 2.45) is 11.3 Å². The number of rotatable bonds is 0. The fourth-order valence-corrected chi connectivity index (χ4v) is 2.86. The topological polar surface area (TPSA) is 32.5 Å². The standard InChI is InChI=1S/C10H21N3/c1-12-6-2-3-10(9-12)4-7-13(11)8-5-10/h2-9,11H2,1H3. The van der Waals surface area contributed by atoms with E-state index >= 15 is 0 Å². The van der Waals surface area contributed by atoms with Crippen molar-refractivity contribution in [3.63, 3.8) is 0 Å². The molecule has 2 heterocycles. The van der Waals surface area contributed by atoms with Gasteiger partial charge in [-0.25, -0.2) is 5.01 Å². The maximum Gasteiger partial charge on any atom is 0.0134 e. The molecule has 0 aliphatic carbocycles. The van der Waals surface area contributed by atoms with Crippen LogP contribution < -0.4 is 5.84 Å². The molecule has 76 valence electrons. The van der Waals surface area contributed by atoms with E-state index in [1.807, 2.05) is 5.01 Å². The smallest absolute Gasteiger partial charge is 0.0134 e. The van der Waals surface area contributed by atoms with Gasteiger partial charge in [-0.15, -0.1) is 0 Å². The lowest BCUT2D eigenvalue weighted by Crippen LogP contribution is -2.50. The summed E-state index contributed by atoms with van der Waals surface area (Å²) in [5.41, 5.74) is 0.614. The predicted molar refractivity (Wildman–Crippen MR) is 54.2 cm³/mol. The molecule has 2 fully saturated rings. The molecular formula is C10H21N3. The van der Waals surface area contributed by atoms with Crippen LogP contribution in [0.25, 0.3) is 0 Å². The van der Waals surface area contributed by atoms with E-state index in [2.05, 4.69) is 11.9 Å². The molecule has 0 aromatic rings. The Morgan fingerprint density at radius 2 is 1.77 bits per heavy atom. The first kappa shape index (κ1) is 9.44. The fraction of sp³-hybridized carbons (Fsp3) is 1.00. The van der Waals surface area contributed by atoms with Gasteiger partial charge in [0.05, 0.1) is 0 Å². The number of hydrazine groups is 1. The highest BCUT2D eigenvalue weighted by Crippen LogP contribution is 2.38. The third-order valence-corrected chi connectivity index (χ3v) is 3.71. The van der Waals surface area contributed by atoms with Crippen molar-refractivity contribution in [1.29, 1.82) is 0 Å². The van der Waals surface area contributed by atoms with Crippen molar-refractivity contribution in [1.82, 2.24) is 9.91 Å². The second-order valence-corrected chi connectivity index (χ2v) is 4.88. The SMILES string of the molecule is CN1CCCC2(CCN(N)CC2)C1. The minimum Gasteiger partial charge on any atom is -0.306 e. The van der Waals surface area contributed by atoms with Gasteiger partial charge in [-0.1, -0.05) is 0 Å². The second-order valence-electron chi connectivity index (χ2n) is 4.88. The molecule has 2 saturated heterocycles. The summed E-state index contributed by atoms with van der Waals surface area (Å²) in [5.74, 6) is 5.78. The Labute approximate surface area is 80.8 Å². The van der Waals surface area contributed by atoms with Crippen LogP contribution in [0.15, 0.2) is 0 Å². The van der Waals surface area contributed by atoms with Gasteiger partial charge in [0, 0.05) is 19.6 Å². The summed E-state index contributed by atoms with van der Waals surface area (Å²) >= 11 is 0. The van der Waals surface area contributed by atoms with Crippen molar-refractivity contribution in [3.8, 4) is 0 Å². The lowest BCUT2D eigenvalue weighted by molar-refractivity contribution is 0.0342. The molecule has 2 aliphatic rings. The van der Waals surface area contributed by atoms with Gasteiger partial charge in [0.25, 0.3) is 0 Å². The van der Waals surface area contributed by atoms with Crippen molar-refractivity contribution >= 4 is 0 Å². The van der Waals surface area contributed by atoms with Crippen LogP contribution in [0.4, 0.5) is 0 Å². The van der Waals surface area contributed by atoms with Crippen LogP contribution in [-0.4, -0.2) is 43.1 Å². The Kier molecular flexibility index (Phi) is 2.58. The second kappa shape index (κ2) is 3.56. The normalized spacial score (nSPS) is 30.9. The van der Waals surface area contributed by atoms with Gasteiger partial charge in [0.2, 0.25) is 0 Å². The molecule has 2 aliphatic heterocycles. The maximum atomic E-state index is 5.78. The molecular weight excluding hydrogens is 162 g/mol. The number of nitrogens with two attached hydrogens (primary N) is 1. The summed E-state index contributed by atoms with van der Waals surface area (Å²) in [5, 5.41) is 1.97. The molecule has 0 radical (unpaired) electrons. The molecule has 0 aromatic carbocycles. The highest BCUT2D eigenvalue weighted by Gasteiger charge is 2.36. The molecule has 1 spiro atoms. The zero-order valence-corrected chi connectivity index (χ0v) is 8.63. The van der Waals surface area contributed by atoms with Gasteiger partial charge >= 0.3 is 0 Å². The van der Waals surface area contributed by atoms with Crippen LogP contribution in [0.5, 0.6) is 0 Å². The number of likely N-dealkylation sites (tertiary alicyclic amines) is 1. The van der Waals surface area contributed by atoms with E-state index in [0.29, 0.717) is 5.41 Å². The molecule has 3 nitrogen and oxygen atoms in total. The van der Waals surface area contributed by atoms with Crippen molar-refractivity contribution in [2.75, 3.05) is 33.2 Å². The molecule has 0 atom stereocenters. The summed E-state index contributed by atoms with van der Waals surface area (Å²) in [6, 6.07) is 0. The van der Waals surface area contributed by atoms with Crippen molar-refractivity contribution in [2.45, 2.75) is 25.7 Å². The maximum absolute atomic E-state index is 5.78. The fourth-order valence-electron chi connectivity index (χ4n) is 2.86. The highest BCUT2D eigenvalue weighted by molar-refractivity contribution is 4.89. The van der Waals surface area contributed by atoms with E-state index in [9.17, 15) is 0 Å². The Morgan fingerprint density at radius 1 is 1.08 bits per heavy atom. The zero-order chi connectivity index (χ0) is 9.31. The zero-order valence-electron chi connectivity index (χ0n) is 8.63. The van der Waals surface area contributed by atoms with Gasteiger partial charge in [0.1, 0.15) is 0 Å². The van der Waals surface area contributed by atoms with Crippen LogP contribution in [0.2, 0.25) is 0 Å². The lowest BCUT2D eigenvalue weighted by Gasteiger charge is -2.46. The predicted octanol–water partition coefficient (Wildman–Crippen LogP) is 0.668. The van der Waals surface area contributed by atoms with Crippen molar-refractivity contribution < 1.29 is 0 Å². The first-order chi connectivity index (χ1) is 6.20. The van der Waals surface area contributed by atoms with Gasteiger partial charge in [0.15, 0.2) is 0 Å². The average Bonchev–Trinajstić information content (AvgIpc) is 2.11. The van der Waals surface area contributed by atoms with Gasteiger partial charge < -0.3 is 4.90 Å². The third kappa shape index (κ3) is 2.03. The molecule has 0 bridgehead atoms. The van der Waals surface area contributed by atoms with E-state index in [0.717, 1.165) is 13.1 Å². The van der Waals surface area contributed by atoms with Gasteiger partial charge in [-0.3, -0.25) is 5.84 Å². The molecule has 0 unspecified atom stereocenters. The van der Waals surface area contributed by atoms with Gasteiger partial charge in [-0.05, 0) is 44.7 Å². The van der Waals surface area contributed by atoms with Gasteiger partial charge in [-0.2, -0.15) is 0 Å². The Bertz CT molecular complexity index is 173. The average molecular weight is 183 g/mol. The number of nitrogens with zero attached hydrogens (tertiary/aromatic N) is 2. The Hall–Kier alpha value is -0.120.